The van der Waals surface area contributed by atoms with E-state index >= 15 is 0 Å². The summed E-state index contributed by atoms with van der Waals surface area (Å²) in [6.07, 6.45) is 0. The summed E-state index contributed by atoms with van der Waals surface area (Å²) in [5, 5.41) is 3.60. The second-order valence-electron chi connectivity index (χ2n) is 4.76. The van der Waals surface area contributed by atoms with Gasteiger partial charge in [-0.25, -0.2) is 13.6 Å². The second-order valence-corrected chi connectivity index (χ2v) is 4.76. The Morgan fingerprint density at radius 3 is 2.73 bits per heavy atom. The summed E-state index contributed by atoms with van der Waals surface area (Å²) in [4.78, 5) is 29.5. The molecule has 0 radical (unpaired) electrons. The van der Waals surface area contributed by atoms with Gasteiger partial charge in [0, 0.05) is 13.1 Å². The van der Waals surface area contributed by atoms with Gasteiger partial charge in [0.25, 0.3) is 11.8 Å². The first-order chi connectivity index (χ1) is 10.5. The van der Waals surface area contributed by atoms with Crippen LogP contribution in [0.2, 0.25) is 0 Å². The molecule has 0 aliphatic carbocycles. The highest BCUT2D eigenvalue weighted by molar-refractivity contribution is 6.01. The highest BCUT2D eigenvalue weighted by atomic mass is 19.1. The molecule has 9 heteroatoms. The molecule has 2 aromatic rings. The number of imide groups is 1. The third kappa shape index (κ3) is 2.41. The predicted molar refractivity (Wildman–Crippen MR) is 68.2 cm³/mol. The largest absolute Gasteiger partial charge is 0.334 e. The molecule has 1 aliphatic heterocycles. The zero-order chi connectivity index (χ0) is 15.9. The highest BCUT2D eigenvalue weighted by Gasteiger charge is 2.34. The van der Waals surface area contributed by atoms with E-state index in [1.54, 1.807) is 0 Å². The van der Waals surface area contributed by atoms with Gasteiger partial charge >= 0.3 is 6.03 Å². The Morgan fingerprint density at radius 1 is 1.32 bits per heavy atom. The molecule has 1 aliphatic rings. The van der Waals surface area contributed by atoms with Gasteiger partial charge in [0.15, 0.2) is 5.82 Å². The minimum atomic E-state index is -0.844. The van der Waals surface area contributed by atoms with Crippen molar-refractivity contribution in [1.82, 2.24) is 19.9 Å². The van der Waals surface area contributed by atoms with E-state index in [1.807, 2.05) is 0 Å². The number of urea groups is 1. The molecule has 0 atom stereocenters. The summed E-state index contributed by atoms with van der Waals surface area (Å²) in [5.74, 6) is -2.05. The van der Waals surface area contributed by atoms with Crippen molar-refractivity contribution in [2.75, 3.05) is 13.6 Å². The number of halogens is 2. The van der Waals surface area contributed by atoms with Crippen molar-refractivity contribution >= 4 is 11.9 Å². The average molecular weight is 308 g/mol. The minimum Gasteiger partial charge on any atom is -0.334 e. The fourth-order valence-corrected chi connectivity index (χ4v) is 2.06. The molecule has 0 bridgehead atoms. The van der Waals surface area contributed by atoms with E-state index in [9.17, 15) is 18.4 Å². The first-order valence-electron chi connectivity index (χ1n) is 6.29. The van der Waals surface area contributed by atoms with Crippen molar-refractivity contribution in [2.24, 2.45) is 0 Å². The van der Waals surface area contributed by atoms with Crippen molar-refractivity contribution in [3.05, 3.63) is 35.7 Å². The second kappa shape index (κ2) is 5.17. The minimum absolute atomic E-state index is 0.0177. The van der Waals surface area contributed by atoms with Crippen LogP contribution in [-0.2, 0) is 11.3 Å². The van der Waals surface area contributed by atoms with Crippen molar-refractivity contribution in [2.45, 2.75) is 6.54 Å². The Morgan fingerprint density at radius 2 is 2.09 bits per heavy atom. The quantitative estimate of drug-likeness (QED) is 0.801. The number of aromatic nitrogens is 2. The lowest BCUT2D eigenvalue weighted by Gasteiger charge is -2.10. The standard InChI is InChI=1S/C13H10F2N4O3/c1-18-6-11(20)19(13(18)21)5-10-16-12(22-17-10)8-3-2-7(14)4-9(8)15/h2-4H,5-6H2,1H3. The maximum absolute atomic E-state index is 13.6. The maximum Gasteiger partial charge on any atom is 0.327 e. The molecule has 0 spiro atoms. The number of nitrogens with zero attached hydrogens (tertiary/aromatic N) is 4. The number of hydrogen-bond donors (Lipinski definition) is 0. The molecule has 3 amide bonds. The lowest BCUT2D eigenvalue weighted by atomic mass is 10.2. The Hall–Kier alpha value is -2.84. The maximum atomic E-state index is 13.6. The zero-order valence-electron chi connectivity index (χ0n) is 11.4. The molecular weight excluding hydrogens is 298 g/mol. The Balaban J connectivity index is 1.82. The first-order valence-corrected chi connectivity index (χ1v) is 6.29. The van der Waals surface area contributed by atoms with E-state index in [-0.39, 0.29) is 36.3 Å². The summed E-state index contributed by atoms with van der Waals surface area (Å²) in [6, 6.07) is 2.46. The molecule has 3 rings (SSSR count). The lowest BCUT2D eigenvalue weighted by Crippen LogP contribution is -2.31. The van der Waals surface area contributed by atoms with Gasteiger partial charge < -0.3 is 9.42 Å². The number of benzene rings is 1. The number of carbonyl (C=O) groups is 2. The highest BCUT2D eigenvalue weighted by Crippen LogP contribution is 2.22. The van der Waals surface area contributed by atoms with Gasteiger partial charge in [-0.05, 0) is 12.1 Å². The molecule has 0 unspecified atom stereocenters. The predicted octanol–water partition coefficient (Wildman–Crippen LogP) is 1.41. The van der Waals surface area contributed by atoms with Crippen molar-refractivity contribution in [1.29, 1.82) is 0 Å². The van der Waals surface area contributed by atoms with Gasteiger partial charge in [-0.15, -0.1) is 0 Å². The topological polar surface area (TPSA) is 79.5 Å². The van der Waals surface area contributed by atoms with E-state index in [1.165, 1.54) is 18.0 Å². The molecule has 0 saturated carbocycles. The fraction of sp³-hybridized carbons (Fsp3) is 0.231. The van der Waals surface area contributed by atoms with Gasteiger partial charge in [0.2, 0.25) is 0 Å². The first kappa shape index (κ1) is 14.1. The molecule has 2 heterocycles. The molecule has 0 N–H and O–H groups in total. The number of likely N-dealkylation sites (N-methyl/N-ethyl adjacent to an activating group) is 1. The molecule has 1 fully saturated rings. The van der Waals surface area contributed by atoms with Gasteiger partial charge in [0.05, 0.1) is 12.1 Å². The van der Waals surface area contributed by atoms with Crippen LogP contribution in [0.1, 0.15) is 5.82 Å². The van der Waals surface area contributed by atoms with Gasteiger partial charge in [0.1, 0.15) is 18.2 Å². The third-order valence-corrected chi connectivity index (χ3v) is 3.16. The Bertz CT molecular complexity index is 761. The smallest absolute Gasteiger partial charge is 0.327 e. The van der Waals surface area contributed by atoms with Crippen LogP contribution in [-0.4, -0.2) is 45.5 Å². The van der Waals surface area contributed by atoms with Crippen LogP contribution in [0.25, 0.3) is 11.5 Å². The molecular formula is C13H10F2N4O3. The van der Waals surface area contributed by atoms with Crippen LogP contribution in [0.3, 0.4) is 0 Å². The zero-order valence-corrected chi connectivity index (χ0v) is 11.4. The van der Waals surface area contributed by atoms with Crippen LogP contribution in [0.4, 0.5) is 13.6 Å². The SMILES string of the molecule is CN1CC(=O)N(Cc2noc(-c3ccc(F)cc3F)n2)C1=O. The molecule has 22 heavy (non-hydrogen) atoms. The van der Waals surface area contributed by atoms with Crippen LogP contribution >= 0.6 is 0 Å². The number of hydrogen-bond acceptors (Lipinski definition) is 5. The molecule has 1 aromatic carbocycles. The summed E-state index contributed by atoms with van der Waals surface area (Å²) < 4.78 is 31.4. The van der Waals surface area contributed by atoms with Crippen LogP contribution in [0.5, 0.6) is 0 Å². The number of rotatable bonds is 3. The van der Waals surface area contributed by atoms with Crippen LogP contribution in [0, 0.1) is 11.6 Å². The van der Waals surface area contributed by atoms with E-state index in [0.717, 1.165) is 11.0 Å². The van der Waals surface area contributed by atoms with Crippen molar-refractivity contribution in [3.8, 4) is 11.5 Å². The summed E-state index contributed by atoms with van der Waals surface area (Å²) in [7, 11) is 1.50. The Labute approximate surface area is 123 Å². The summed E-state index contributed by atoms with van der Waals surface area (Å²) >= 11 is 0. The van der Waals surface area contributed by atoms with E-state index in [0.29, 0.717) is 6.07 Å². The summed E-state index contributed by atoms with van der Waals surface area (Å²) in [5.41, 5.74) is -0.0589. The lowest BCUT2D eigenvalue weighted by molar-refractivity contribution is -0.125. The van der Waals surface area contributed by atoms with E-state index in [2.05, 4.69) is 10.1 Å². The normalized spacial score (nSPS) is 15.0. The molecule has 1 saturated heterocycles. The summed E-state index contributed by atoms with van der Waals surface area (Å²) in [6.45, 7) is -0.190. The van der Waals surface area contributed by atoms with Crippen molar-refractivity contribution < 1.29 is 22.9 Å². The van der Waals surface area contributed by atoms with Gasteiger partial charge in [-0.2, -0.15) is 4.98 Å². The van der Waals surface area contributed by atoms with E-state index < -0.39 is 17.7 Å². The average Bonchev–Trinajstić information content (AvgIpc) is 3.00. The fourth-order valence-electron chi connectivity index (χ4n) is 2.06. The van der Waals surface area contributed by atoms with Crippen LogP contribution in [0.15, 0.2) is 22.7 Å². The van der Waals surface area contributed by atoms with E-state index in [4.69, 9.17) is 4.52 Å². The molecule has 7 nitrogen and oxygen atoms in total. The number of carbonyl (C=O) groups excluding carboxylic acids is 2. The monoisotopic (exact) mass is 308 g/mol. The number of amides is 3. The molecule has 1 aromatic heterocycles. The van der Waals surface area contributed by atoms with Crippen molar-refractivity contribution in [3.63, 3.8) is 0 Å². The van der Waals surface area contributed by atoms with Gasteiger partial charge in [-0.3, -0.25) is 9.69 Å². The van der Waals surface area contributed by atoms with Gasteiger partial charge in [-0.1, -0.05) is 5.16 Å². The Kier molecular flexibility index (Phi) is 3.32. The molecule has 114 valence electrons. The van der Waals surface area contributed by atoms with Crippen LogP contribution < -0.4 is 0 Å². The third-order valence-electron chi connectivity index (χ3n) is 3.16.